The Labute approximate surface area is 177 Å². The second kappa shape index (κ2) is 7.10. The maximum absolute atomic E-state index is 8.36. The van der Waals surface area contributed by atoms with Crippen molar-refractivity contribution in [3.8, 4) is 22.5 Å². The molecule has 148 valence electrons. The number of para-hydroxylation sites is 1. The summed E-state index contributed by atoms with van der Waals surface area (Å²) in [5, 5.41) is 2.01. The van der Waals surface area contributed by atoms with Crippen molar-refractivity contribution in [3.63, 3.8) is 0 Å². The number of pyridine rings is 2. The van der Waals surface area contributed by atoms with E-state index in [1.807, 2.05) is 38.1 Å². The van der Waals surface area contributed by atoms with Crippen molar-refractivity contribution in [2.24, 2.45) is 0 Å². The maximum atomic E-state index is 8.36. The van der Waals surface area contributed by atoms with Crippen molar-refractivity contribution in [1.29, 1.82) is 0 Å². The fourth-order valence-electron chi connectivity index (χ4n) is 4.13. The summed E-state index contributed by atoms with van der Waals surface area (Å²) in [7, 11) is 0. The van der Waals surface area contributed by atoms with E-state index in [0.29, 0.717) is 5.71 Å². The molecule has 0 amide bonds. The number of furan rings is 1. The Morgan fingerprint density at radius 2 is 1.63 bits per heavy atom. The van der Waals surface area contributed by atoms with Gasteiger partial charge in [0.15, 0.2) is 0 Å². The van der Waals surface area contributed by atoms with E-state index in [-0.39, 0.29) is 0 Å². The zero-order valence-electron chi connectivity index (χ0n) is 18.7. The summed E-state index contributed by atoms with van der Waals surface area (Å²) in [6, 6.07) is 20.4. The molecule has 0 spiro atoms. The van der Waals surface area contributed by atoms with Gasteiger partial charge in [-0.25, -0.2) is 4.98 Å². The zero-order valence-corrected chi connectivity index (χ0v) is 17.7. The van der Waals surface area contributed by atoms with Crippen molar-refractivity contribution in [2.75, 3.05) is 0 Å². The lowest BCUT2D eigenvalue weighted by Crippen LogP contribution is -1.90. The van der Waals surface area contributed by atoms with Crippen LogP contribution in [0.3, 0.4) is 0 Å². The van der Waals surface area contributed by atoms with E-state index in [9.17, 15) is 0 Å². The molecule has 0 N–H and O–H groups in total. The van der Waals surface area contributed by atoms with Gasteiger partial charge in [-0.3, -0.25) is 4.98 Å². The van der Waals surface area contributed by atoms with Gasteiger partial charge in [-0.05, 0) is 66.8 Å². The monoisotopic (exact) mass is 393 g/mol. The van der Waals surface area contributed by atoms with Crippen molar-refractivity contribution >= 4 is 22.1 Å². The zero-order chi connectivity index (χ0) is 21.8. The lowest BCUT2D eigenvalue weighted by atomic mass is 9.99. The van der Waals surface area contributed by atoms with Gasteiger partial charge in [0.05, 0.1) is 11.4 Å². The summed E-state index contributed by atoms with van der Waals surface area (Å²) >= 11 is 0. The fraction of sp³-hybridized carbons (Fsp3) is 0.185. The largest absolute Gasteiger partial charge is 0.437 e. The fourth-order valence-corrected chi connectivity index (χ4v) is 4.13. The molecule has 0 unspecified atom stereocenters. The maximum Gasteiger partial charge on any atom is 0.227 e. The Morgan fingerprint density at radius 1 is 0.867 bits per heavy atom. The van der Waals surface area contributed by atoms with Gasteiger partial charge in [0.2, 0.25) is 5.71 Å². The standard InChI is InChI=1S/C27H24N2O/c1-16(2)19-13-14-28-24(15-19)22-10-6-9-20-21-11-12-23(29-27(21)30-26(20)22)25-17(3)7-5-8-18(25)4/h5-16H,1-4H3/i16D. The van der Waals surface area contributed by atoms with Crippen LogP contribution in [0, 0.1) is 13.8 Å². The molecule has 0 atom stereocenters. The second-order valence-electron chi connectivity index (χ2n) is 8.03. The first-order valence-electron chi connectivity index (χ1n) is 10.7. The van der Waals surface area contributed by atoms with Gasteiger partial charge in [-0.15, -0.1) is 0 Å². The van der Waals surface area contributed by atoms with Gasteiger partial charge in [0.1, 0.15) is 5.58 Å². The van der Waals surface area contributed by atoms with Gasteiger partial charge in [-0.1, -0.05) is 44.2 Å². The summed E-state index contributed by atoms with van der Waals surface area (Å²) in [5.74, 6) is -0.693. The summed E-state index contributed by atoms with van der Waals surface area (Å²) in [4.78, 5) is 9.45. The number of aryl methyl sites for hydroxylation is 2. The van der Waals surface area contributed by atoms with Crippen LogP contribution in [0.5, 0.6) is 0 Å². The summed E-state index contributed by atoms with van der Waals surface area (Å²) in [5.41, 5.74) is 8.49. The van der Waals surface area contributed by atoms with Crippen LogP contribution in [0.4, 0.5) is 0 Å². The molecule has 3 nitrogen and oxygen atoms in total. The first-order valence-corrected chi connectivity index (χ1v) is 10.2. The average molecular weight is 394 g/mol. The van der Waals surface area contributed by atoms with Crippen LogP contribution in [0.25, 0.3) is 44.6 Å². The number of fused-ring (bicyclic) bond motifs is 3. The lowest BCUT2D eigenvalue weighted by molar-refractivity contribution is 0.655. The number of benzene rings is 2. The average Bonchev–Trinajstić information content (AvgIpc) is 3.11. The van der Waals surface area contributed by atoms with Gasteiger partial charge in [0.25, 0.3) is 0 Å². The summed E-state index contributed by atoms with van der Waals surface area (Å²) < 4.78 is 14.7. The molecule has 3 aromatic heterocycles. The van der Waals surface area contributed by atoms with E-state index in [4.69, 9.17) is 10.8 Å². The Kier molecular flexibility index (Phi) is 4.12. The molecule has 0 radical (unpaired) electrons. The molecule has 0 fully saturated rings. The van der Waals surface area contributed by atoms with Crippen molar-refractivity contribution < 1.29 is 5.79 Å². The molecule has 3 heterocycles. The van der Waals surface area contributed by atoms with Crippen LogP contribution in [-0.4, -0.2) is 9.97 Å². The quantitative estimate of drug-likeness (QED) is 0.319. The third-order valence-electron chi connectivity index (χ3n) is 5.71. The molecule has 2 aromatic carbocycles. The van der Waals surface area contributed by atoms with Crippen molar-refractivity contribution in [1.82, 2.24) is 9.97 Å². The van der Waals surface area contributed by atoms with E-state index in [2.05, 4.69) is 55.2 Å². The highest BCUT2D eigenvalue weighted by atomic mass is 16.3. The molecule has 0 aliphatic heterocycles. The van der Waals surface area contributed by atoms with Gasteiger partial charge in [-0.2, -0.15) is 0 Å². The molecule has 5 rings (SSSR count). The van der Waals surface area contributed by atoms with Gasteiger partial charge >= 0.3 is 0 Å². The highest BCUT2D eigenvalue weighted by Gasteiger charge is 2.16. The normalized spacial score (nSPS) is 12.5. The SMILES string of the molecule is [2H]C(C)(C)c1ccnc(-c2cccc3c2oc2nc(-c4c(C)cccc4C)ccc23)c1. The molecule has 0 bridgehead atoms. The van der Waals surface area contributed by atoms with Crippen molar-refractivity contribution in [3.05, 3.63) is 83.6 Å². The van der Waals surface area contributed by atoms with Crippen LogP contribution < -0.4 is 0 Å². The Balaban J connectivity index is 1.71. The number of nitrogens with zero attached hydrogens (tertiary/aromatic N) is 2. The highest BCUT2D eigenvalue weighted by Crippen LogP contribution is 2.36. The highest BCUT2D eigenvalue weighted by molar-refractivity contribution is 6.08. The molecule has 3 heteroatoms. The van der Waals surface area contributed by atoms with Crippen LogP contribution in [-0.2, 0) is 0 Å². The molecule has 30 heavy (non-hydrogen) atoms. The first-order chi connectivity index (χ1) is 14.8. The third-order valence-corrected chi connectivity index (χ3v) is 5.71. The minimum atomic E-state index is -0.693. The number of rotatable bonds is 3. The van der Waals surface area contributed by atoms with Crippen LogP contribution in [0.15, 0.2) is 71.3 Å². The molecule has 0 saturated carbocycles. The summed E-state index contributed by atoms with van der Waals surface area (Å²) in [6.07, 6.45) is 1.76. The predicted molar refractivity (Wildman–Crippen MR) is 124 cm³/mol. The molecule has 5 aromatic rings. The van der Waals surface area contributed by atoms with Crippen LogP contribution >= 0.6 is 0 Å². The minimum Gasteiger partial charge on any atom is -0.437 e. The topological polar surface area (TPSA) is 38.9 Å². The predicted octanol–water partition coefficient (Wildman–Crippen LogP) is 7.45. The van der Waals surface area contributed by atoms with E-state index in [1.54, 1.807) is 6.20 Å². The van der Waals surface area contributed by atoms with Gasteiger partial charge < -0.3 is 4.42 Å². The Morgan fingerprint density at radius 3 is 2.40 bits per heavy atom. The third kappa shape index (κ3) is 2.98. The molecular weight excluding hydrogens is 368 g/mol. The smallest absolute Gasteiger partial charge is 0.227 e. The molecule has 0 saturated heterocycles. The number of aromatic nitrogens is 2. The van der Waals surface area contributed by atoms with E-state index < -0.39 is 5.89 Å². The number of hydrogen-bond donors (Lipinski definition) is 0. The second-order valence-corrected chi connectivity index (χ2v) is 8.03. The lowest BCUT2D eigenvalue weighted by Gasteiger charge is -2.08. The van der Waals surface area contributed by atoms with E-state index >= 15 is 0 Å². The molecule has 0 aliphatic carbocycles. The molecular formula is C27H24N2O. The Hall–Kier alpha value is -3.46. The van der Waals surface area contributed by atoms with Crippen molar-refractivity contribution in [2.45, 2.75) is 33.6 Å². The summed E-state index contributed by atoms with van der Waals surface area (Å²) in [6.45, 7) is 7.98. The van der Waals surface area contributed by atoms with Crippen LogP contribution in [0.1, 0.15) is 37.8 Å². The van der Waals surface area contributed by atoms with Gasteiger partial charge in [0, 0.05) is 29.5 Å². The number of hydrogen-bond acceptors (Lipinski definition) is 3. The first kappa shape index (κ1) is 17.4. The van der Waals surface area contributed by atoms with E-state index in [1.165, 1.54) is 11.1 Å². The minimum absolute atomic E-state index is 0.625. The van der Waals surface area contributed by atoms with E-state index in [0.717, 1.165) is 44.4 Å². The van der Waals surface area contributed by atoms with Crippen LogP contribution in [0.2, 0.25) is 0 Å². The molecule has 0 aliphatic rings. The Bertz CT molecular complexity index is 1420.